The maximum Gasteiger partial charge on any atom is 0.0973 e. The van der Waals surface area contributed by atoms with E-state index in [1.807, 2.05) is 0 Å². The fourth-order valence-electron chi connectivity index (χ4n) is 1.03. The average Bonchev–Trinajstić information content (AvgIpc) is 2.47. The molecule has 1 unspecified atom stereocenters. The molecule has 0 amide bonds. The maximum absolute atomic E-state index is 9.51. The second-order valence-electron chi connectivity index (χ2n) is 2.66. The SMILES string of the molecule is Cn1nncc1C(O)CCCO. The molecule has 5 nitrogen and oxygen atoms in total. The fourth-order valence-corrected chi connectivity index (χ4v) is 1.03. The van der Waals surface area contributed by atoms with E-state index in [1.54, 1.807) is 7.05 Å². The van der Waals surface area contributed by atoms with Crippen LogP contribution in [0.4, 0.5) is 0 Å². The number of nitrogens with zero attached hydrogens (tertiary/aromatic N) is 3. The van der Waals surface area contributed by atoms with E-state index < -0.39 is 6.10 Å². The van der Waals surface area contributed by atoms with Crippen LogP contribution in [0, 0.1) is 0 Å². The van der Waals surface area contributed by atoms with Crippen LogP contribution in [0.25, 0.3) is 0 Å². The second-order valence-corrected chi connectivity index (χ2v) is 2.66. The number of aliphatic hydroxyl groups is 2. The molecule has 1 rings (SSSR count). The van der Waals surface area contributed by atoms with E-state index in [9.17, 15) is 5.11 Å². The molecule has 0 aliphatic carbocycles. The molecule has 1 atom stereocenters. The second kappa shape index (κ2) is 4.18. The molecule has 5 heteroatoms. The van der Waals surface area contributed by atoms with Crippen molar-refractivity contribution in [2.24, 2.45) is 7.05 Å². The van der Waals surface area contributed by atoms with Crippen molar-refractivity contribution in [3.05, 3.63) is 11.9 Å². The Morgan fingerprint density at radius 3 is 2.92 bits per heavy atom. The summed E-state index contributed by atoms with van der Waals surface area (Å²) in [6.07, 6.45) is 2.09. The van der Waals surface area contributed by atoms with Gasteiger partial charge in [-0.15, -0.1) is 5.10 Å². The van der Waals surface area contributed by atoms with Gasteiger partial charge in [-0.1, -0.05) is 5.21 Å². The molecule has 0 radical (unpaired) electrons. The molecular weight excluding hydrogens is 158 g/mol. The number of hydrogen-bond donors (Lipinski definition) is 2. The van der Waals surface area contributed by atoms with Gasteiger partial charge in [-0.3, -0.25) is 0 Å². The summed E-state index contributed by atoms with van der Waals surface area (Å²) in [4.78, 5) is 0. The van der Waals surface area contributed by atoms with E-state index in [0.29, 0.717) is 18.5 Å². The van der Waals surface area contributed by atoms with Crippen molar-refractivity contribution in [3.63, 3.8) is 0 Å². The van der Waals surface area contributed by atoms with Gasteiger partial charge in [-0.2, -0.15) is 0 Å². The van der Waals surface area contributed by atoms with Crippen molar-refractivity contribution >= 4 is 0 Å². The lowest BCUT2D eigenvalue weighted by molar-refractivity contribution is 0.143. The van der Waals surface area contributed by atoms with Crippen LogP contribution >= 0.6 is 0 Å². The number of hydrogen-bond acceptors (Lipinski definition) is 4. The standard InChI is InChI=1S/C7H13N3O2/c1-10-6(5-8-9-10)7(12)3-2-4-11/h5,7,11-12H,2-4H2,1H3. The molecule has 0 fully saturated rings. The Hall–Kier alpha value is -0.940. The molecule has 0 spiro atoms. The molecule has 1 heterocycles. The lowest BCUT2D eigenvalue weighted by Crippen LogP contribution is -2.05. The highest BCUT2D eigenvalue weighted by molar-refractivity contribution is 4.97. The van der Waals surface area contributed by atoms with Crippen molar-refractivity contribution < 1.29 is 10.2 Å². The molecule has 2 N–H and O–H groups in total. The van der Waals surface area contributed by atoms with Crippen LogP contribution in [-0.2, 0) is 7.05 Å². The fraction of sp³-hybridized carbons (Fsp3) is 0.714. The number of aryl methyl sites for hydroxylation is 1. The van der Waals surface area contributed by atoms with Crippen molar-refractivity contribution in [2.45, 2.75) is 18.9 Å². The zero-order chi connectivity index (χ0) is 8.97. The predicted octanol–water partition coefficient (Wildman–Crippen LogP) is -0.379. The quantitative estimate of drug-likeness (QED) is 0.648. The largest absolute Gasteiger partial charge is 0.396 e. The third-order valence-corrected chi connectivity index (χ3v) is 1.73. The Balaban J connectivity index is 2.52. The van der Waals surface area contributed by atoms with Crippen LogP contribution in [0.3, 0.4) is 0 Å². The van der Waals surface area contributed by atoms with Crippen LogP contribution in [0.5, 0.6) is 0 Å². The van der Waals surface area contributed by atoms with E-state index in [2.05, 4.69) is 10.3 Å². The van der Waals surface area contributed by atoms with Gasteiger partial charge in [-0.05, 0) is 12.8 Å². The van der Waals surface area contributed by atoms with Crippen LogP contribution in [0.2, 0.25) is 0 Å². The molecule has 68 valence electrons. The van der Waals surface area contributed by atoms with Gasteiger partial charge in [0.15, 0.2) is 0 Å². The first-order chi connectivity index (χ1) is 5.75. The van der Waals surface area contributed by atoms with Crippen molar-refractivity contribution in [3.8, 4) is 0 Å². The minimum absolute atomic E-state index is 0.0995. The molecule has 0 aliphatic rings. The van der Waals surface area contributed by atoms with Crippen molar-refractivity contribution in [2.75, 3.05) is 6.61 Å². The van der Waals surface area contributed by atoms with E-state index in [1.165, 1.54) is 10.9 Å². The third-order valence-electron chi connectivity index (χ3n) is 1.73. The van der Waals surface area contributed by atoms with Gasteiger partial charge in [0.05, 0.1) is 18.0 Å². The van der Waals surface area contributed by atoms with E-state index in [4.69, 9.17) is 5.11 Å². The zero-order valence-electron chi connectivity index (χ0n) is 7.01. The molecule has 12 heavy (non-hydrogen) atoms. The molecule has 0 bridgehead atoms. The minimum atomic E-state index is -0.572. The van der Waals surface area contributed by atoms with Crippen LogP contribution in [0.1, 0.15) is 24.6 Å². The number of rotatable bonds is 4. The summed E-state index contributed by atoms with van der Waals surface area (Å²) in [6.45, 7) is 0.0995. The Bertz CT molecular complexity index is 236. The Morgan fingerprint density at radius 1 is 1.67 bits per heavy atom. The summed E-state index contributed by atoms with van der Waals surface area (Å²) in [7, 11) is 1.73. The molecular formula is C7H13N3O2. The monoisotopic (exact) mass is 171 g/mol. The lowest BCUT2D eigenvalue weighted by Gasteiger charge is -2.07. The molecule has 0 saturated heterocycles. The van der Waals surface area contributed by atoms with Gasteiger partial charge in [0.25, 0.3) is 0 Å². The first-order valence-corrected chi connectivity index (χ1v) is 3.89. The molecule has 0 aliphatic heterocycles. The topological polar surface area (TPSA) is 71.2 Å². The summed E-state index contributed by atoms with van der Waals surface area (Å²) >= 11 is 0. The summed E-state index contributed by atoms with van der Waals surface area (Å²) in [5.41, 5.74) is 0.684. The Kier molecular flexibility index (Phi) is 3.19. The summed E-state index contributed by atoms with van der Waals surface area (Å²) in [5.74, 6) is 0. The molecule has 1 aromatic rings. The van der Waals surface area contributed by atoms with Gasteiger partial charge in [0.1, 0.15) is 0 Å². The average molecular weight is 171 g/mol. The van der Waals surface area contributed by atoms with E-state index >= 15 is 0 Å². The Labute approximate surface area is 70.6 Å². The highest BCUT2D eigenvalue weighted by Gasteiger charge is 2.10. The van der Waals surface area contributed by atoms with E-state index in [-0.39, 0.29) is 6.61 Å². The van der Waals surface area contributed by atoms with Gasteiger partial charge in [-0.25, -0.2) is 4.68 Å². The minimum Gasteiger partial charge on any atom is -0.396 e. The predicted molar refractivity (Wildman–Crippen MR) is 42.3 cm³/mol. The molecule has 0 aromatic carbocycles. The summed E-state index contributed by atoms with van der Waals surface area (Å²) in [6, 6.07) is 0. The maximum atomic E-state index is 9.51. The highest BCUT2D eigenvalue weighted by atomic mass is 16.3. The number of aromatic nitrogens is 3. The third kappa shape index (κ3) is 2.02. The smallest absolute Gasteiger partial charge is 0.0973 e. The number of aliphatic hydroxyl groups excluding tert-OH is 2. The molecule has 0 saturated carbocycles. The van der Waals surface area contributed by atoms with Crippen LogP contribution < -0.4 is 0 Å². The van der Waals surface area contributed by atoms with Gasteiger partial charge < -0.3 is 10.2 Å². The van der Waals surface area contributed by atoms with Gasteiger partial charge in [0.2, 0.25) is 0 Å². The first-order valence-electron chi connectivity index (χ1n) is 3.89. The van der Waals surface area contributed by atoms with Crippen molar-refractivity contribution in [1.82, 2.24) is 15.0 Å². The zero-order valence-corrected chi connectivity index (χ0v) is 7.01. The highest BCUT2D eigenvalue weighted by Crippen LogP contribution is 2.15. The lowest BCUT2D eigenvalue weighted by atomic mass is 10.1. The normalized spacial score (nSPS) is 13.2. The first kappa shape index (κ1) is 9.15. The van der Waals surface area contributed by atoms with Gasteiger partial charge in [0, 0.05) is 13.7 Å². The van der Waals surface area contributed by atoms with E-state index in [0.717, 1.165) is 0 Å². The molecule has 1 aromatic heterocycles. The van der Waals surface area contributed by atoms with Gasteiger partial charge >= 0.3 is 0 Å². The summed E-state index contributed by atoms with van der Waals surface area (Å²) < 4.78 is 1.53. The van der Waals surface area contributed by atoms with Crippen LogP contribution in [-0.4, -0.2) is 31.8 Å². The van der Waals surface area contributed by atoms with Crippen molar-refractivity contribution in [1.29, 1.82) is 0 Å². The summed E-state index contributed by atoms with van der Waals surface area (Å²) in [5, 5.41) is 25.4. The Morgan fingerprint density at radius 2 is 2.42 bits per heavy atom. The van der Waals surface area contributed by atoms with Crippen LogP contribution in [0.15, 0.2) is 6.20 Å².